The van der Waals surface area contributed by atoms with E-state index in [9.17, 15) is 8.42 Å². The standard InChI is InChI=1S/C15H21NO3S/c16-15-13-4-2-1-3-11(13)5-6-14(15)20(17,18)12-7-9-19-10-8-12/h1-4,12,14-15H,5-10,16H2. The molecule has 0 radical (unpaired) electrons. The van der Waals surface area contributed by atoms with Crippen molar-refractivity contribution in [1.29, 1.82) is 0 Å². The minimum absolute atomic E-state index is 0.280. The zero-order chi connectivity index (χ0) is 14.2. The van der Waals surface area contributed by atoms with Crippen LogP contribution in [0.2, 0.25) is 0 Å². The topological polar surface area (TPSA) is 69.4 Å². The highest BCUT2D eigenvalue weighted by Crippen LogP contribution is 2.35. The second-order valence-electron chi connectivity index (χ2n) is 5.70. The van der Waals surface area contributed by atoms with Gasteiger partial charge in [-0.15, -0.1) is 0 Å². The number of hydrogen-bond donors (Lipinski definition) is 1. The Morgan fingerprint density at radius 1 is 1.10 bits per heavy atom. The molecule has 110 valence electrons. The average molecular weight is 295 g/mol. The third-order valence-corrected chi connectivity index (χ3v) is 7.34. The molecule has 0 saturated carbocycles. The number of nitrogens with two attached hydrogens (primary N) is 1. The number of ether oxygens (including phenoxy) is 1. The Balaban J connectivity index is 1.88. The summed E-state index contributed by atoms with van der Waals surface area (Å²) < 4.78 is 30.9. The molecule has 3 rings (SSSR count). The molecule has 1 aromatic rings. The lowest BCUT2D eigenvalue weighted by atomic mass is 9.88. The summed E-state index contributed by atoms with van der Waals surface area (Å²) in [5.74, 6) is 0. The van der Waals surface area contributed by atoms with Crippen molar-refractivity contribution in [2.24, 2.45) is 5.73 Å². The molecule has 0 amide bonds. The van der Waals surface area contributed by atoms with E-state index < -0.39 is 21.1 Å². The zero-order valence-electron chi connectivity index (χ0n) is 11.5. The van der Waals surface area contributed by atoms with Crippen LogP contribution in [-0.2, 0) is 21.0 Å². The van der Waals surface area contributed by atoms with Crippen LogP contribution in [0.5, 0.6) is 0 Å². The number of rotatable bonds is 2. The van der Waals surface area contributed by atoms with E-state index >= 15 is 0 Å². The van der Waals surface area contributed by atoms with E-state index in [0.29, 0.717) is 32.5 Å². The fraction of sp³-hybridized carbons (Fsp3) is 0.600. The fourth-order valence-electron chi connectivity index (χ4n) is 3.38. The predicted molar refractivity (Wildman–Crippen MR) is 78.2 cm³/mol. The maximum atomic E-state index is 12.8. The van der Waals surface area contributed by atoms with E-state index in [4.69, 9.17) is 10.5 Å². The van der Waals surface area contributed by atoms with Crippen LogP contribution in [0.1, 0.15) is 36.4 Å². The van der Waals surface area contributed by atoms with E-state index in [1.54, 1.807) is 0 Å². The van der Waals surface area contributed by atoms with E-state index in [2.05, 4.69) is 0 Å². The number of benzene rings is 1. The largest absolute Gasteiger partial charge is 0.381 e. The number of sulfone groups is 1. The molecule has 1 heterocycles. The van der Waals surface area contributed by atoms with Crippen LogP contribution in [0.4, 0.5) is 0 Å². The molecule has 1 aliphatic heterocycles. The van der Waals surface area contributed by atoms with E-state index in [1.807, 2.05) is 24.3 Å². The molecule has 2 N–H and O–H groups in total. The molecule has 1 saturated heterocycles. The van der Waals surface area contributed by atoms with Gasteiger partial charge in [-0.3, -0.25) is 0 Å². The number of aryl methyl sites for hydroxylation is 1. The highest BCUT2D eigenvalue weighted by Gasteiger charge is 2.41. The summed E-state index contributed by atoms with van der Waals surface area (Å²) in [7, 11) is -3.18. The smallest absolute Gasteiger partial charge is 0.158 e. The van der Waals surface area contributed by atoms with Gasteiger partial charge >= 0.3 is 0 Å². The normalized spacial score (nSPS) is 28.1. The Morgan fingerprint density at radius 3 is 2.55 bits per heavy atom. The van der Waals surface area contributed by atoms with E-state index in [0.717, 1.165) is 12.0 Å². The van der Waals surface area contributed by atoms with Crippen molar-refractivity contribution in [1.82, 2.24) is 0 Å². The van der Waals surface area contributed by atoms with Crippen molar-refractivity contribution >= 4 is 9.84 Å². The Kier molecular flexibility index (Phi) is 3.84. The Morgan fingerprint density at radius 2 is 1.80 bits per heavy atom. The lowest BCUT2D eigenvalue weighted by molar-refractivity contribution is 0.0981. The maximum absolute atomic E-state index is 12.8. The van der Waals surface area contributed by atoms with Crippen LogP contribution in [-0.4, -0.2) is 32.1 Å². The van der Waals surface area contributed by atoms with Crippen LogP contribution >= 0.6 is 0 Å². The molecule has 4 nitrogen and oxygen atoms in total. The van der Waals surface area contributed by atoms with E-state index in [1.165, 1.54) is 5.56 Å². The van der Waals surface area contributed by atoms with Crippen molar-refractivity contribution in [3.05, 3.63) is 35.4 Å². The molecule has 1 aromatic carbocycles. The predicted octanol–water partition coefficient (Wildman–Crippen LogP) is 1.59. The molecule has 0 spiro atoms. The van der Waals surface area contributed by atoms with E-state index in [-0.39, 0.29) is 5.25 Å². The first-order chi connectivity index (χ1) is 9.60. The molecule has 2 atom stereocenters. The van der Waals surface area contributed by atoms with Gasteiger partial charge in [0.25, 0.3) is 0 Å². The summed E-state index contributed by atoms with van der Waals surface area (Å²) in [5.41, 5.74) is 8.47. The summed E-state index contributed by atoms with van der Waals surface area (Å²) in [5, 5.41) is -0.724. The van der Waals surface area contributed by atoms with Gasteiger partial charge in [0.1, 0.15) is 0 Å². The molecule has 1 aliphatic carbocycles. The minimum atomic E-state index is -3.18. The van der Waals surface area contributed by atoms with Gasteiger partial charge in [-0.1, -0.05) is 24.3 Å². The Labute approximate surface area is 120 Å². The molecular weight excluding hydrogens is 274 g/mol. The van der Waals surface area contributed by atoms with Gasteiger partial charge in [0.15, 0.2) is 9.84 Å². The Bertz CT molecular complexity index is 579. The van der Waals surface area contributed by atoms with Gasteiger partial charge in [0, 0.05) is 19.3 Å². The first kappa shape index (κ1) is 14.0. The summed E-state index contributed by atoms with van der Waals surface area (Å²) in [6, 6.07) is 7.53. The summed E-state index contributed by atoms with van der Waals surface area (Å²) in [6.07, 6.45) is 2.65. The minimum Gasteiger partial charge on any atom is -0.381 e. The second-order valence-corrected chi connectivity index (χ2v) is 8.15. The molecule has 0 bridgehead atoms. The average Bonchev–Trinajstić information content (AvgIpc) is 2.48. The van der Waals surface area contributed by atoms with Crippen molar-refractivity contribution in [2.75, 3.05) is 13.2 Å². The molecule has 2 unspecified atom stereocenters. The van der Waals surface area contributed by atoms with Crippen LogP contribution < -0.4 is 5.73 Å². The quantitative estimate of drug-likeness (QED) is 0.899. The highest BCUT2D eigenvalue weighted by atomic mass is 32.2. The first-order valence-corrected chi connectivity index (χ1v) is 8.85. The highest BCUT2D eigenvalue weighted by molar-refractivity contribution is 7.92. The van der Waals surface area contributed by atoms with Crippen LogP contribution in [0.25, 0.3) is 0 Å². The summed E-state index contributed by atoms with van der Waals surface area (Å²) in [4.78, 5) is 0. The summed E-state index contributed by atoms with van der Waals surface area (Å²) >= 11 is 0. The van der Waals surface area contributed by atoms with Gasteiger partial charge in [-0.05, 0) is 36.8 Å². The van der Waals surface area contributed by atoms with Crippen LogP contribution in [0.15, 0.2) is 24.3 Å². The number of fused-ring (bicyclic) bond motifs is 1. The molecule has 5 heteroatoms. The maximum Gasteiger partial charge on any atom is 0.158 e. The van der Waals surface area contributed by atoms with Gasteiger partial charge in [0.05, 0.1) is 10.5 Å². The van der Waals surface area contributed by atoms with Crippen LogP contribution in [0, 0.1) is 0 Å². The zero-order valence-corrected chi connectivity index (χ0v) is 12.3. The monoisotopic (exact) mass is 295 g/mol. The van der Waals surface area contributed by atoms with Gasteiger partial charge in [-0.25, -0.2) is 8.42 Å². The third kappa shape index (κ3) is 2.38. The third-order valence-electron chi connectivity index (χ3n) is 4.57. The van der Waals surface area contributed by atoms with Crippen molar-refractivity contribution in [3.63, 3.8) is 0 Å². The van der Waals surface area contributed by atoms with Crippen molar-refractivity contribution in [2.45, 2.75) is 42.2 Å². The van der Waals surface area contributed by atoms with Crippen molar-refractivity contribution < 1.29 is 13.2 Å². The van der Waals surface area contributed by atoms with Crippen LogP contribution in [0.3, 0.4) is 0 Å². The fourth-order valence-corrected chi connectivity index (χ4v) is 5.73. The molecule has 1 fully saturated rings. The molecule has 20 heavy (non-hydrogen) atoms. The van der Waals surface area contributed by atoms with Gasteiger partial charge < -0.3 is 10.5 Å². The first-order valence-electron chi connectivity index (χ1n) is 7.24. The van der Waals surface area contributed by atoms with Gasteiger partial charge in [-0.2, -0.15) is 0 Å². The molecule has 0 aromatic heterocycles. The second kappa shape index (κ2) is 5.47. The number of hydrogen-bond acceptors (Lipinski definition) is 4. The van der Waals surface area contributed by atoms with Crippen molar-refractivity contribution in [3.8, 4) is 0 Å². The van der Waals surface area contributed by atoms with Gasteiger partial charge in [0.2, 0.25) is 0 Å². The molecule has 2 aliphatic rings. The molecular formula is C15H21NO3S. The lowest BCUT2D eigenvalue weighted by Crippen LogP contribution is -2.43. The SMILES string of the molecule is NC1c2ccccc2CCC1S(=O)(=O)C1CCOCC1. The summed E-state index contributed by atoms with van der Waals surface area (Å²) in [6.45, 7) is 1.09. The lowest BCUT2D eigenvalue weighted by Gasteiger charge is -2.34. The Hall–Kier alpha value is -0.910.